The molecule has 5 nitrogen and oxygen atoms in total. The van der Waals surface area contributed by atoms with Gasteiger partial charge in [0.15, 0.2) is 0 Å². The van der Waals surface area contributed by atoms with Crippen LogP contribution >= 0.6 is 0 Å². The second-order valence-electron chi connectivity index (χ2n) is 4.87. The van der Waals surface area contributed by atoms with E-state index < -0.39 is 0 Å². The molecule has 19 heavy (non-hydrogen) atoms. The summed E-state index contributed by atoms with van der Waals surface area (Å²) in [6.07, 6.45) is 2.45. The minimum absolute atomic E-state index is 0.0473. The van der Waals surface area contributed by atoms with Crippen LogP contribution in [0, 0.1) is 12.8 Å². The topological polar surface area (TPSA) is 68.0 Å². The molecule has 0 aliphatic heterocycles. The number of hydrogen-bond acceptors (Lipinski definition) is 4. The van der Waals surface area contributed by atoms with E-state index >= 15 is 0 Å². The number of rotatable bonds is 4. The normalized spacial score (nSPS) is 14.4. The highest BCUT2D eigenvalue weighted by Crippen LogP contribution is 2.27. The fourth-order valence-corrected chi connectivity index (χ4v) is 1.88. The molecule has 0 bridgehead atoms. The molecule has 1 saturated carbocycles. The lowest BCUT2D eigenvalue weighted by molar-refractivity contribution is 0.0952. The Kier molecular flexibility index (Phi) is 3.03. The van der Waals surface area contributed by atoms with Crippen molar-refractivity contribution < 1.29 is 9.32 Å². The van der Waals surface area contributed by atoms with Crippen LogP contribution in [0.1, 0.15) is 29.1 Å². The summed E-state index contributed by atoms with van der Waals surface area (Å²) in [5, 5.41) is 6.79. The first-order valence-electron chi connectivity index (χ1n) is 6.41. The van der Waals surface area contributed by atoms with Crippen molar-refractivity contribution in [2.45, 2.75) is 19.8 Å². The molecule has 1 aromatic heterocycles. The average Bonchev–Trinajstić information content (AvgIpc) is 3.16. The summed E-state index contributed by atoms with van der Waals surface area (Å²) >= 11 is 0. The molecule has 2 aromatic rings. The second-order valence-corrected chi connectivity index (χ2v) is 4.87. The minimum atomic E-state index is -0.0473. The van der Waals surface area contributed by atoms with E-state index in [2.05, 4.69) is 15.5 Å². The Balaban J connectivity index is 1.76. The van der Waals surface area contributed by atoms with Crippen molar-refractivity contribution in [3.63, 3.8) is 0 Å². The maximum atomic E-state index is 12.0. The predicted octanol–water partition coefficient (Wildman–Crippen LogP) is 2.18. The SMILES string of the molecule is Cc1nc(-c2cccc(C(=O)NCC3CC3)c2)no1. The summed E-state index contributed by atoms with van der Waals surface area (Å²) in [5.74, 6) is 1.65. The molecule has 1 N–H and O–H groups in total. The molecule has 0 unspecified atom stereocenters. The fourth-order valence-electron chi connectivity index (χ4n) is 1.88. The van der Waals surface area contributed by atoms with Crippen molar-refractivity contribution in [2.24, 2.45) is 5.92 Å². The van der Waals surface area contributed by atoms with Gasteiger partial charge in [-0.25, -0.2) is 0 Å². The molecular formula is C14H15N3O2. The van der Waals surface area contributed by atoms with Crippen LogP contribution in [0.2, 0.25) is 0 Å². The summed E-state index contributed by atoms with van der Waals surface area (Å²) < 4.78 is 4.94. The number of carbonyl (C=O) groups excluding carboxylic acids is 1. The van der Waals surface area contributed by atoms with Gasteiger partial charge in [-0.1, -0.05) is 17.3 Å². The molecular weight excluding hydrogens is 242 g/mol. The van der Waals surface area contributed by atoms with Crippen LogP contribution in [0.5, 0.6) is 0 Å². The third-order valence-electron chi connectivity index (χ3n) is 3.16. The molecule has 0 atom stereocenters. The Morgan fingerprint density at radius 1 is 1.47 bits per heavy atom. The van der Waals surface area contributed by atoms with Crippen molar-refractivity contribution in [1.82, 2.24) is 15.5 Å². The summed E-state index contributed by atoms with van der Waals surface area (Å²) in [4.78, 5) is 16.1. The van der Waals surface area contributed by atoms with Crippen molar-refractivity contribution in [3.05, 3.63) is 35.7 Å². The molecule has 1 aromatic carbocycles. The van der Waals surface area contributed by atoms with Gasteiger partial charge in [0.2, 0.25) is 11.7 Å². The maximum absolute atomic E-state index is 12.0. The van der Waals surface area contributed by atoms with Gasteiger partial charge in [0.05, 0.1) is 0 Å². The number of benzene rings is 1. The van der Waals surface area contributed by atoms with Gasteiger partial charge in [0, 0.05) is 24.6 Å². The average molecular weight is 257 g/mol. The summed E-state index contributed by atoms with van der Waals surface area (Å²) in [5.41, 5.74) is 1.41. The van der Waals surface area contributed by atoms with Crippen molar-refractivity contribution in [1.29, 1.82) is 0 Å². The lowest BCUT2D eigenvalue weighted by Crippen LogP contribution is -2.25. The van der Waals surface area contributed by atoms with E-state index in [1.54, 1.807) is 19.1 Å². The van der Waals surface area contributed by atoms with E-state index in [4.69, 9.17) is 4.52 Å². The van der Waals surface area contributed by atoms with Crippen molar-refractivity contribution in [2.75, 3.05) is 6.54 Å². The van der Waals surface area contributed by atoms with Gasteiger partial charge in [-0.15, -0.1) is 0 Å². The zero-order valence-electron chi connectivity index (χ0n) is 10.7. The number of hydrogen-bond donors (Lipinski definition) is 1. The Labute approximate surface area is 111 Å². The second kappa shape index (κ2) is 4.84. The van der Waals surface area contributed by atoms with E-state index in [0.29, 0.717) is 23.2 Å². The molecule has 1 amide bonds. The zero-order valence-corrected chi connectivity index (χ0v) is 10.7. The quantitative estimate of drug-likeness (QED) is 0.911. The fraction of sp³-hybridized carbons (Fsp3) is 0.357. The Morgan fingerprint density at radius 2 is 2.32 bits per heavy atom. The molecule has 0 saturated heterocycles. The molecule has 1 heterocycles. The predicted molar refractivity (Wildman–Crippen MR) is 69.5 cm³/mol. The largest absolute Gasteiger partial charge is 0.352 e. The zero-order chi connectivity index (χ0) is 13.2. The lowest BCUT2D eigenvalue weighted by atomic mass is 10.1. The van der Waals surface area contributed by atoms with Gasteiger partial charge in [0.1, 0.15) is 0 Å². The molecule has 1 aliphatic carbocycles. The van der Waals surface area contributed by atoms with E-state index in [1.165, 1.54) is 12.8 Å². The molecule has 5 heteroatoms. The molecule has 1 aliphatic rings. The number of nitrogens with one attached hydrogen (secondary N) is 1. The highest BCUT2D eigenvalue weighted by atomic mass is 16.5. The minimum Gasteiger partial charge on any atom is -0.352 e. The van der Waals surface area contributed by atoms with Gasteiger partial charge in [-0.3, -0.25) is 4.79 Å². The van der Waals surface area contributed by atoms with Gasteiger partial charge in [0.25, 0.3) is 5.91 Å². The molecule has 0 radical (unpaired) electrons. The van der Waals surface area contributed by atoms with E-state index in [1.807, 2.05) is 12.1 Å². The number of aryl methyl sites for hydroxylation is 1. The smallest absolute Gasteiger partial charge is 0.251 e. The van der Waals surface area contributed by atoms with E-state index in [-0.39, 0.29) is 5.91 Å². The Bertz CT molecular complexity index is 602. The van der Waals surface area contributed by atoms with Gasteiger partial charge in [-0.2, -0.15) is 4.98 Å². The standard InChI is InChI=1S/C14H15N3O2/c1-9-16-13(17-19-9)11-3-2-4-12(7-11)14(18)15-8-10-5-6-10/h2-4,7,10H,5-6,8H2,1H3,(H,15,18). The molecule has 98 valence electrons. The van der Waals surface area contributed by atoms with Crippen LogP contribution in [0.3, 0.4) is 0 Å². The third kappa shape index (κ3) is 2.81. The Morgan fingerprint density at radius 3 is 3.00 bits per heavy atom. The van der Waals surface area contributed by atoms with Crippen molar-refractivity contribution in [3.8, 4) is 11.4 Å². The maximum Gasteiger partial charge on any atom is 0.251 e. The lowest BCUT2D eigenvalue weighted by Gasteiger charge is -2.04. The van der Waals surface area contributed by atoms with Crippen molar-refractivity contribution >= 4 is 5.91 Å². The number of carbonyl (C=O) groups is 1. The number of nitrogens with zero attached hydrogens (tertiary/aromatic N) is 2. The summed E-state index contributed by atoms with van der Waals surface area (Å²) in [6, 6.07) is 7.26. The first kappa shape index (κ1) is 11.9. The first-order valence-corrected chi connectivity index (χ1v) is 6.41. The molecule has 0 spiro atoms. The first-order chi connectivity index (χ1) is 9.22. The van der Waals surface area contributed by atoms with Crippen LogP contribution in [0.15, 0.2) is 28.8 Å². The van der Waals surface area contributed by atoms with Crippen LogP contribution in [0.4, 0.5) is 0 Å². The summed E-state index contributed by atoms with van der Waals surface area (Å²) in [6.45, 7) is 2.51. The molecule has 3 rings (SSSR count). The number of amides is 1. The highest BCUT2D eigenvalue weighted by Gasteiger charge is 2.22. The van der Waals surface area contributed by atoms with Gasteiger partial charge >= 0.3 is 0 Å². The van der Waals surface area contributed by atoms with Crippen LogP contribution < -0.4 is 5.32 Å². The monoisotopic (exact) mass is 257 g/mol. The van der Waals surface area contributed by atoms with E-state index in [0.717, 1.165) is 12.1 Å². The van der Waals surface area contributed by atoms with Crippen LogP contribution in [-0.2, 0) is 0 Å². The van der Waals surface area contributed by atoms with Gasteiger partial charge in [-0.05, 0) is 30.9 Å². The van der Waals surface area contributed by atoms with Crippen LogP contribution in [-0.4, -0.2) is 22.6 Å². The third-order valence-corrected chi connectivity index (χ3v) is 3.16. The highest BCUT2D eigenvalue weighted by molar-refractivity contribution is 5.95. The van der Waals surface area contributed by atoms with E-state index in [9.17, 15) is 4.79 Å². The Hall–Kier alpha value is -2.17. The van der Waals surface area contributed by atoms with Crippen LogP contribution in [0.25, 0.3) is 11.4 Å². The molecule has 1 fully saturated rings. The van der Waals surface area contributed by atoms with Gasteiger partial charge < -0.3 is 9.84 Å². The number of aromatic nitrogens is 2. The summed E-state index contributed by atoms with van der Waals surface area (Å²) in [7, 11) is 0.